The quantitative estimate of drug-likeness (QED) is 0.731. The van der Waals surface area contributed by atoms with E-state index in [-0.39, 0.29) is 0 Å². The summed E-state index contributed by atoms with van der Waals surface area (Å²) in [5.74, 6) is 2.13. The molecule has 1 aliphatic rings. The van der Waals surface area contributed by atoms with Gasteiger partial charge in [0.2, 0.25) is 6.23 Å². The molecule has 0 aliphatic carbocycles. The van der Waals surface area contributed by atoms with Crippen LogP contribution in [0.4, 0.5) is 11.4 Å². The number of methoxy groups -OCH3 is 1. The van der Waals surface area contributed by atoms with Crippen LogP contribution in [0.1, 0.15) is 5.76 Å². The minimum Gasteiger partial charge on any atom is -0.494 e. The highest BCUT2D eigenvalue weighted by Crippen LogP contribution is 2.34. The van der Waals surface area contributed by atoms with Crippen LogP contribution in [0.15, 0.2) is 76.3 Å². The highest BCUT2D eigenvalue weighted by Gasteiger charge is 2.29. The molecule has 0 radical (unpaired) electrons. The highest BCUT2D eigenvalue weighted by molar-refractivity contribution is 6.05. The van der Waals surface area contributed by atoms with Gasteiger partial charge in [0.05, 0.1) is 19.1 Å². The number of nitrogens with one attached hydrogen (secondary N) is 1. The molecule has 1 aromatic heterocycles. The largest absolute Gasteiger partial charge is 0.494 e. The van der Waals surface area contributed by atoms with Gasteiger partial charge in [-0.1, -0.05) is 24.3 Å². The van der Waals surface area contributed by atoms with E-state index in [0.717, 1.165) is 11.4 Å². The summed E-state index contributed by atoms with van der Waals surface area (Å²) >= 11 is 0. The molecule has 0 amide bonds. The van der Waals surface area contributed by atoms with E-state index in [1.165, 1.54) is 0 Å². The number of hydrogen-bond donors (Lipinski definition) is 1. The molecule has 120 valence electrons. The van der Waals surface area contributed by atoms with Crippen molar-refractivity contribution in [1.82, 2.24) is 0 Å². The van der Waals surface area contributed by atoms with Gasteiger partial charge in [0, 0.05) is 0 Å². The van der Waals surface area contributed by atoms with Crippen LogP contribution in [-0.4, -0.2) is 19.0 Å². The summed E-state index contributed by atoms with van der Waals surface area (Å²) in [7, 11) is 1.63. The molecule has 5 nitrogen and oxygen atoms in total. The summed E-state index contributed by atoms with van der Waals surface area (Å²) in [6.45, 7) is 0. The third-order valence-electron chi connectivity index (χ3n) is 3.77. The van der Waals surface area contributed by atoms with E-state index in [9.17, 15) is 0 Å². The number of aliphatic imine (C=N–C) groups is 1. The Morgan fingerprint density at radius 2 is 1.88 bits per heavy atom. The number of anilines is 1. The van der Waals surface area contributed by atoms with E-state index >= 15 is 0 Å². The molecule has 0 bridgehead atoms. The van der Waals surface area contributed by atoms with E-state index in [1.54, 1.807) is 13.4 Å². The van der Waals surface area contributed by atoms with Crippen LogP contribution in [0.5, 0.6) is 11.5 Å². The zero-order valence-electron chi connectivity index (χ0n) is 13.1. The number of para-hydroxylation sites is 4. The van der Waals surface area contributed by atoms with Crippen molar-refractivity contribution in [2.24, 2.45) is 4.99 Å². The normalized spacial score (nSPS) is 16.2. The predicted octanol–water partition coefficient (Wildman–Crippen LogP) is 4.24. The lowest BCUT2D eigenvalue weighted by Gasteiger charge is -2.14. The summed E-state index contributed by atoms with van der Waals surface area (Å²) in [4.78, 5) is 4.75. The first-order valence-corrected chi connectivity index (χ1v) is 7.63. The van der Waals surface area contributed by atoms with Crippen LogP contribution in [0.25, 0.3) is 0 Å². The van der Waals surface area contributed by atoms with Crippen molar-refractivity contribution in [3.63, 3.8) is 0 Å². The first-order chi connectivity index (χ1) is 11.8. The van der Waals surface area contributed by atoms with E-state index in [2.05, 4.69) is 5.32 Å². The molecule has 3 aromatic rings. The molecule has 0 saturated carbocycles. The van der Waals surface area contributed by atoms with Crippen molar-refractivity contribution in [2.75, 3.05) is 12.4 Å². The number of benzene rings is 2. The number of furan rings is 1. The Kier molecular flexibility index (Phi) is 3.67. The fourth-order valence-electron chi connectivity index (χ4n) is 2.63. The number of rotatable bonds is 4. The number of ether oxygens (including phenoxy) is 2. The van der Waals surface area contributed by atoms with Gasteiger partial charge in [-0.05, 0) is 36.4 Å². The van der Waals surface area contributed by atoms with Gasteiger partial charge in [-0.15, -0.1) is 0 Å². The molecule has 0 fully saturated rings. The number of nitrogens with zero attached hydrogens (tertiary/aromatic N) is 1. The molecule has 24 heavy (non-hydrogen) atoms. The van der Waals surface area contributed by atoms with Crippen molar-refractivity contribution in [3.05, 3.63) is 72.7 Å². The summed E-state index contributed by atoms with van der Waals surface area (Å²) < 4.78 is 16.9. The first-order valence-electron chi connectivity index (χ1n) is 7.63. The smallest absolute Gasteiger partial charge is 0.217 e. The Morgan fingerprint density at radius 1 is 1.04 bits per heavy atom. The maximum absolute atomic E-state index is 6.00. The van der Waals surface area contributed by atoms with Gasteiger partial charge in [0.25, 0.3) is 0 Å². The molecule has 1 atom stereocenters. The molecule has 0 spiro atoms. The van der Waals surface area contributed by atoms with Crippen LogP contribution >= 0.6 is 0 Å². The fraction of sp³-hybridized carbons (Fsp3) is 0.105. The lowest BCUT2D eigenvalue weighted by atomic mass is 10.2. The van der Waals surface area contributed by atoms with E-state index in [4.69, 9.17) is 18.9 Å². The molecule has 5 heteroatoms. The molecular weight excluding hydrogens is 304 g/mol. The average Bonchev–Trinajstić information content (AvgIpc) is 3.29. The van der Waals surface area contributed by atoms with E-state index < -0.39 is 6.23 Å². The summed E-state index contributed by atoms with van der Waals surface area (Å²) in [6.07, 6.45) is 1.19. The fourth-order valence-corrected chi connectivity index (χ4v) is 2.63. The standard InChI is InChI=1S/C19H16N2O3/c1-22-15-9-4-2-7-13(15)20-18(17-11-6-12-23-17)19-21-14-8-3-5-10-16(14)24-19/h2-12,19,21H,1H3. The predicted molar refractivity (Wildman–Crippen MR) is 92.4 cm³/mol. The number of hydrogen-bond acceptors (Lipinski definition) is 5. The minimum absolute atomic E-state index is 0.432. The van der Waals surface area contributed by atoms with Crippen molar-refractivity contribution in [1.29, 1.82) is 0 Å². The summed E-state index contributed by atoms with van der Waals surface area (Å²) in [5.41, 5.74) is 2.30. The Morgan fingerprint density at radius 3 is 2.67 bits per heavy atom. The topological polar surface area (TPSA) is 56.0 Å². The van der Waals surface area contributed by atoms with E-state index in [1.807, 2.05) is 60.7 Å². The number of fused-ring (bicyclic) bond motifs is 1. The minimum atomic E-state index is -0.432. The van der Waals surface area contributed by atoms with Crippen LogP contribution in [0, 0.1) is 0 Å². The molecule has 0 saturated heterocycles. The molecule has 2 aromatic carbocycles. The van der Waals surface area contributed by atoms with Gasteiger partial charge in [0.1, 0.15) is 22.9 Å². The lowest BCUT2D eigenvalue weighted by molar-refractivity contribution is 0.317. The van der Waals surface area contributed by atoms with Gasteiger partial charge in [-0.3, -0.25) is 0 Å². The van der Waals surface area contributed by atoms with Crippen molar-refractivity contribution >= 4 is 17.1 Å². The second kappa shape index (κ2) is 6.12. The van der Waals surface area contributed by atoms with Gasteiger partial charge in [0.15, 0.2) is 5.76 Å². The van der Waals surface area contributed by atoms with Crippen molar-refractivity contribution in [3.8, 4) is 11.5 Å². The van der Waals surface area contributed by atoms with Crippen molar-refractivity contribution in [2.45, 2.75) is 6.23 Å². The maximum atomic E-state index is 6.00. The Balaban J connectivity index is 1.75. The second-order valence-electron chi connectivity index (χ2n) is 5.28. The van der Waals surface area contributed by atoms with Crippen LogP contribution in [0.2, 0.25) is 0 Å². The maximum Gasteiger partial charge on any atom is 0.217 e. The third-order valence-corrected chi connectivity index (χ3v) is 3.77. The summed E-state index contributed by atoms with van der Waals surface area (Å²) in [5, 5.41) is 3.33. The highest BCUT2D eigenvalue weighted by atomic mass is 16.5. The summed E-state index contributed by atoms with van der Waals surface area (Å²) in [6, 6.07) is 19.1. The SMILES string of the molecule is COc1ccccc1N=C(c1ccco1)C1Nc2ccccc2O1. The van der Waals surface area contributed by atoms with Gasteiger partial charge < -0.3 is 19.2 Å². The Bertz CT molecular complexity index is 847. The zero-order valence-corrected chi connectivity index (χ0v) is 13.1. The lowest BCUT2D eigenvalue weighted by Crippen LogP contribution is -2.31. The van der Waals surface area contributed by atoms with Crippen LogP contribution < -0.4 is 14.8 Å². The van der Waals surface area contributed by atoms with Crippen LogP contribution in [-0.2, 0) is 0 Å². The molecular formula is C19H16N2O3. The van der Waals surface area contributed by atoms with Gasteiger partial charge in [-0.25, -0.2) is 4.99 Å². The molecule has 2 heterocycles. The Labute approximate surface area is 139 Å². The third kappa shape index (κ3) is 2.60. The monoisotopic (exact) mass is 320 g/mol. The van der Waals surface area contributed by atoms with E-state index in [0.29, 0.717) is 22.9 Å². The van der Waals surface area contributed by atoms with Gasteiger partial charge in [-0.2, -0.15) is 0 Å². The average molecular weight is 320 g/mol. The molecule has 4 rings (SSSR count). The molecule has 1 N–H and O–H groups in total. The Hall–Kier alpha value is -3.21. The van der Waals surface area contributed by atoms with Gasteiger partial charge >= 0.3 is 0 Å². The molecule has 1 unspecified atom stereocenters. The van der Waals surface area contributed by atoms with Crippen LogP contribution in [0.3, 0.4) is 0 Å². The van der Waals surface area contributed by atoms with Crippen molar-refractivity contribution < 1.29 is 13.9 Å². The first kappa shape index (κ1) is 14.4. The zero-order chi connectivity index (χ0) is 16.4. The second-order valence-corrected chi connectivity index (χ2v) is 5.28. The molecule has 1 aliphatic heterocycles.